The number of hydrogen-bond donors (Lipinski definition) is 1. The minimum Gasteiger partial charge on any atom is -0.356 e. The molecule has 0 saturated carbocycles. The molecule has 2 aliphatic rings. The number of benzene rings is 2. The fourth-order valence-electron chi connectivity index (χ4n) is 3.90. The van der Waals surface area contributed by atoms with E-state index in [2.05, 4.69) is 112 Å². The maximum Gasteiger partial charge on any atom is 0.222 e. The first-order valence-corrected chi connectivity index (χ1v) is 14.3. The van der Waals surface area contributed by atoms with Gasteiger partial charge in [0.1, 0.15) is 0 Å². The lowest BCUT2D eigenvalue weighted by molar-refractivity contribution is -0.128. The summed E-state index contributed by atoms with van der Waals surface area (Å²) in [5, 5.41) is 2.68. The quantitative estimate of drug-likeness (QED) is 0.276. The lowest BCUT2D eigenvalue weighted by Crippen LogP contribution is -2.23. The Labute approximate surface area is 228 Å². The summed E-state index contributed by atoms with van der Waals surface area (Å²) in [7, 11) is 0. The van der Waals surface area contributed by atoms with Crippen molar-refractivity contribution < 1.29 is 9.59 Å². The highest BCUT2D eigenvalue weighted by atomic mass is 127. The summed E-state index contributed by atoms with van der Waals surface area (Å²) in [6.45, 7) is 11.0. The molecule has 0 atom stereocenters. The van der Waals surface area contributed by atoms with Gasteiger partial charge in [0.2, 0.25) is 11.8 Å². The molecule has 7 heteroatoms. The second kappa shape index (κ2) is 13.8. The molecule has 2 aliphatic heterocycles. The normalized spacial score (nSPS) is 14.9. The first-order chi connectivity index (χ1) is 15.6. The zero-order valence-corrected chi connectivity index (χ0v) is 25.2. The summed E-state index contributed by atoms with van der Waals surface area (Å²) >= 11 is 9.48. The SMILES string of the molecule is Cc1cc(CI)cc(C)c1Br.Cc1cc(CN2CCCC2=O)cc(C)c1Br.O=C1CCCN1. The standard InChI is InChI=1S/C13H16BrNO.C9H10BrI.C4H7NO/c1-9-6-11(7-10(2)13(9)14)8-15-5-3-4-12(15)16;1-6-3-8(5-11)4-7(2)9(6)10;6-4-2-1-3-5-4/h6-7H,3-5,8H2,1-2H3;3-4H,5H2,1-2H3;1-3H2,(H,5,6). The Kier molecular flexibility index (Phi) is 11.9. The van der Waals surface area contributed by atoms with Crippen LogP contribution in [-0.4, -0.2) is 29.8 Å². The zero-order valence-electron chi connectivity index (χ0n) is 19.9. The van der Waals surface area contributed by atoms with Crippen LogP contribution in [0.5, 0.6) is 0 Å². The average Bonchev–Trinajstić information content (AvgIpc) is 3.41. The lowest BCUT2D eigenvalue weighted by Gasteiger charge is -2.17. The third kappa shape index (κ3) is 8.98. The van der Waals surface area contributed by atoms with Gasteiger partial charge in [0.25, 0.3) is 0 Å². The van der Waals surface area contributed by atoms with E-state index in [4.69, 9.17) is 0 Å². The van der Waals surface area contributed by atoms with E-state index < -0.39 is 0 Å². The topological polar surface area (TPSA) is 49.4 Å². The van der Waals surface area contributed by atoms with Crippen molar-refractivity contribution >= 4 is 66.3 Å². The predicted molar refractivity (Wildman–Crippen MR) is 152 cm³/mol. The van der Waals surface area contributed by atoms with Crippen LogP contribution in [0, 0.1) is 27.7 Å². The Hall–Kier alpha value is -0.930. The molecule has 2 aromatic rings. The molecular formula is C26H33Br2IN2O2. The molecule has 2 fully saturated rings. The van der Waals surface area contributed by atoms with Crippen molar-refractivity contribution in [3.05, 3.63) is 66.6 Å². The van der Waals surface area contributed by atoms with E-state index in [9.17, 15) is 9.59 Å². The van der Waals surface area contributed by atoms with Crippen molar-refractivity contribution in [2.75, 3.05) is 13.1 Å². The van der Waals surface area contributed by atoms with Crippen LogP contribution in [0.1, 0.15) is 59.1 Å². The molecule has 2 amide bonds. The number of hydrogen-bond acceptors (Lipinski definition) is 2. The summed E-state index contributed by atoms with van der Waals surface area (Å²) in [6.07, 6.45) is 3.49. The van der Waals surface area contributed by atoms with E-state index in [1.165, 1.54) is 42.3 Å². The number of alkyl halides is 1. The van der Waals surface area contributed by atoms with Crippen LogP contribution >= 0.6 is 54.5 Å². The van der Waals surface area contributed by atoms with Gasteiger partial charge in [0, 0.05) is 45.8 Å². The highest BCUT2D eigenvalue weighted by Crippen LogP contribution is 2.25. The monoisotopic (exact) mass is 690 g/mol. The third-order valence-electron chi connectivity index (χ3n) is 5.59. The van der Waals surface area contributed by atoms with E-state index in [-0.39, 0.29) is 5.91 Å². The molecule has 4 rings (SSSR count). The number of amides is 2. The molecule has 2 saturated heterocycles. The van der Waals surface area contributed by atoms with Crippen LogP contribution in [0.3, 0.4) is 0 Å². The number of rotatable bonds is 3. The molecule has 0 bridgehead atoms. The van der Waals surface area contributed by atoms with Crippen molar-refractivity contribution in [2.45, 2.75) is 64.4 Å². The predicted octanol–water partition coefficient (Wildman–Crippen LogP) is 7.09. The maximum absolute atomic E-state index is 11.5. The third-order valence-corrected chi connectivity index (χ3v) is 8.98. The van der Waals surface area contributed by atoms with E-state index in [0.29, 0.717) is 12.3 Å². The zero-order chi connectivity index (χ0) is 24.5. The summed E-state index contributed by atoms with van der Waals surface area (Å²) in [5.74, 6) is 0.494. The first kappa shape index (κ1) is 28.3. The Morgan fingerprint density at radius 3 is 1.70 bits per heavy atom. The van der Waals surface area contributed by atoms with Crippen molar-refractivity contribution in [3.63, 3.8) is 0 Å². The molecule has 0 aromatic heterocycles. The van der Waals surface area contributed by atoms with Crippen LogP contribution in [0.4, 0.5) is 0 Å². The molecule has 0 aliphatic carbocycles. The first-order valence-electron chi connectivity index (χ1n) is 11.2. The van der Waals surface area contributed by atoms with E-state index in [1.807, 2.05) is 4.90 Å². The summed E-state index contributed by atoms with van der Waals surface area (Å²) in [4.78, 5) is 23.6. The highest BCUT2D eigenvalue weighted by molar-refractivity contribution is 14.1. The lowest BCUT2D eigenvalue weighted by atomic mass is 10.1. The molecular weight excluding hydrogens is 659 g/mol. The van der Waals surface area contributed by atoms with Crippen LogP contribution in [0.2, 0.25) is 0 Å². The molecule has 0 radical (unpaired) electrons. The van der Waals surface area contributed by atoms with Crippen molar-refractivity contribution in [1.29, 1.82) is 0 Å². The van der Waals surface area contributed by atoms with Crippen molar-refractivity contribution in [3.8, 4) is 0 Å². The number of likely N-dealkylation sites (tertiary alicyclic amines) is 1. The average molecular weight is 692 g/mol. The van der Waals surface area contributed by atoms with Crippen LogP contribution in [0.15, 0.2) is 33.2 Å². The largest absolute Gasteiger partial charge is 0.356 e. The molecule has 2 heterocycles. The minimum absolute atomic E-state index is 0.204. The Morgan fingerprint density at radius 1 is 0.848 bits per heavy atom. The number of aryl methyl sites for hydroxylation is 4. The van der Waals surface area contributed by atoms with Crippen molar-refractivity contribution in [1.82, 2.24) is 10.2 Å². The number of nitrogens with one attached hydrogen (secondary N) is 1. The molecule has 180 valence electrons. The molecule has 1 N–H and O–H groups in total. The van der Waals surface area contributed by atoms with Gasteiger partial charge in [-0.15, -0.1) is 0 Å². The van der Waals surface area contributed by atoms with Gasteiger partial charge >= 0.3 is 0 Å². The summed E-state index contributed by atoms with van der Waals surface area (Å²) < 4.78 is 3.50. The fourth-order valence-corrected chi connectivity index (χ4v) is 4.79. The molecule has 2 aromatic carbocycles. The Bertz CT molecular complexity index is 940. The van der Waals surface area contributed by atoms with Crippen LogP contribution in [-0.2, 0) is 20.6 Å². The van der Waals surface area contributed by atoms with Crippen molar-refractivity contribution in [2.24, 2.45) is 0 Å². The molecule has 0 spiro atoms. The highest BCUT2D eigenvalue weighted by Gasteiger charge is 2.20. The van der Waals surface area contributed by atoms with Gasteiger partial charge in [0.15, 0.2) is 0 Å². The number of nitrogens with zero attached hydrogens (tertiary/aromatic N) is 1. The van der Waals surface area contributed by atoms with Crippen LogP contribution < -0.4 is 5.32 Å². The van der Waals surface area contributed by atoms with Crippen LogP contribution in [0.25, 0.3) is 0 Å². The van der Waals surface area contributed by atoms with E-state index in [0.717, 1.165) is 43.3 Å². The van der Waals surface area contributed by atoms with E-state index in [1.54, 1.807) is 0 Å². The molecule has 4 nitrogen and oxygen atoms in total. The number of halogens is 3. The van der Waals surface area contributed by atoms with Gasteiger partial charge in [0.05, 0.1) is 0 Å². The summed E-state index contributed by atoms with van der Waals surface area (Å²) in [6, 6.07) is 8.76. The van der Waals surface area contributed by atoms with Gasteiger partial charge in [-0.1, -0.05) is 78.7 Å². The second-order valence-corrected chi connectivity index (χ2v) is 10.9. The maximum atomic E-state index is 11.5. The Balaban J connectivity index is 0.000000195. The van der Waals surface area contributed by atoms with Gasteiger partial charge in [-0.3, -0.25) is 9.59 Å². The second-order valence-electron chi connectivity index (χ2n) is 8.59. The number of carbonyl (C=O) groups is 2. The van der Waals surface area contributed by atoms with Gasteiger partial charge in [-0.25, -0.2) is 0 Å². The molecule has 0 unspecified atom stereocenters. The number of carbonyl (C=O) groups excluding carboxylic acids is 2. The van der Waals surface area contributed by atoms with Gasteiger partial charge in [-0.05, 0) is 73.9 Å². The van der Waals surface area contributed by atoms with E-state index >= 15 is 0 Å². The smallest absolute Gasteiger partial charge is 0.222 e. The minimum atomic E-state index is 0.204. The molecule has 33 heavy (non-hydrogen) atoms. The fraction of sp³-hybridized carbons (Fsp3) is 0.462. The van der Waals surface area contributed by atoms with Gasteiger partial charge < -0.3 is 10.2 Å². The summed E-state index contributed by atoms with van der Waals surface area (Å²) in [5.41, 5.74) is 7.77. The Morgan fingerprint density at radius 2 is 1.36 bits per heavy atom. The van der Waals surface area contributed by atoms with Gasteiger partial charge in [-0.2, -0.15) is 0 Å².